The average Bonchev–Trinajstić information content (AvgIpc) is 3.02. The van der Waals surface area contributed by atoms with Crippen LogP contribution in [0.15, 0.2) is 57.7 Å². The zero-order chi connectivity index (χ0) is 21.4. The van der Waals surface area contributed by atoms with Crippen molar-refractivity contribution in [2.75, 3.05) is 5.32 Å². The zero-order valence-electron chi connectivity index (χ0n) is 16.6. The van der Waals surface area contributed by atoms with Crippen LogP contribution in [0.25, 0.3) is 22.4 Å². The first-order valence-corrected chi connectivity index (χ1v) is 10.2. The number of aryl methyl sites for hydroxylation is 1. The molecule has 1 aliphatic heterocycles. The molecule has 0 bridgehead atoms. The molecule has 0 atom stereocenters. The number of nitrogens with one attached hydrogen (secondary N) is 1. The maximum atomic E-state index is 14.6. The molecule has 1 amide bonds. The Labute approximate surface area is 176 Å². The lowest BCUT2D eigenvalue weighted by Crippen LogP contribution is -2.15. The van der Waals surface area contributed by atoms with E-state index < -0.39 is 11.7 Å². The normalized spacial score (nSPS) is 13.6. The van der Waals surface area contributed by atoms with Crippen LogP contribution in [0.2, 0.25) is 0 Å². The topological polar surface area (TPSA) is 90.0 Å². The largest absolute Gasteiger partial charge is 0.451 e. The Morgan fingerprint density at radius 1 is 1.06 bits per heavy atom. The summed E-state index contributed by atoms with van der Waals surface area (Å²) in [6.45, 7) is 0.732. The Bertz CT molecular complexity index is 1360. The second-order valence-electron chi connectivity index (χ2n) is 7.52. The number of hydrogen-bond acceptors (Lipinski definition) is 5. The molecule has 1 N–H and O–H groups in total. The van der Waals surface area contributed by atoms with Gasteiger partial charge in [-0.25, -0.2) is 4.39 Å². The van der Waals surface area contributed by atoms with E-state index in [1.165, 1.54) is 18.2 Å². The van der Waals surface area contributed by atoms with Crippen LogP contribution in [0.4, 0.5) is 10.1 Å². The molecule has 31 heavy (non-hydrogen) atoms. The van der Waals surface area contributed by atoms with Crippen LogP contribution in [0.1, 0.15) is 35.6 Å². The monoisotopic (exact) mass is 418 g/mol. The molecular weight excluding hydrogens is 399 g/mol. The van der Waals surface area contributed by atoms with Crippen LogP contribution in [0.3, 0.4) is 0 Å². The Morgan fingerprint density at radius 2 is 1.94 bits per heavy atom. The van der Waals surface area contributed by atoms with Crippen LogP contribution >= 0.6 is 0 Å². The third-order valence-electron chi connectivity index (χ3n) is 5.43. The molecule has 156 valence electrons. The van der Waals surface area contributed by atoms with Crippen molar-refractivity contribution in [1.82, 2.24) is 14.8 Å². The summed E-state index contributed by atoms with van der Waals surface area (Å²) in [6.07, 6.45) is 3.93. The Kier molecular flexibility index (Phi) is 4.82. The molecule has 3 heterocycles. The van der Waals surface area contributed by atoms with Crippen LogP contribution in [0.5, 0.6) is 0 Å². The summed E-state index contributed by atoms with van der Waals surface area (Å²) < 4.78 is 22.2. The van der Waals surface area contributed by atoms with Crippen molar-refractivity contribution in [3.05, 3.63) is 76.2 Å². The molecule has 0 radical (unpaired) electrons. The highest BCUT2D eigenvalue weighted by atomic mass is 19.1. The minimum atomic E-state index is -0.597. The second kappa shape index (κ2) is 7.79. The summed E-state index contributed by atoms with van der Waals surface area (Å²) in [4.78, 5) is 25.0. The first-order chi connectivity index (χ1) is 15.1. The van der Waals surface area contributed by atoms with Crippen molar-refractivity contribution in [1.29, 1.82) is 0 Å². The molecular formula is C23H19FN4O3. The number of para-hydroxylation sites is 1. The van der Waals surface area contributed by atoms with Gasteiger partial charge in [0, 0.05) is 24.7 Å². The van der Waals surface area contributed by atoms with Crippen molar-refractivity contribution in [3.63, 3.8) is 0 Å². The molecule has 0 fully saturated rings. The molecule has 5 rings (SSSR count). The van der Waals surface area contributed by atoms with Crippen molar-refractivity contribution in [3.8, 4) is 11.4 Å². The summed E-state index contributed by atoms with van der Waals surface area (Å²) in [5.74, 6) is 0.128. The second-order valence-corrected chi connectivity index (χ2v) is 7.52. The maximum Gasteiger partial charge on any atom is 0.291 e. The Balaban J connectivity index is 1.47. The van der Waals surface area contributed by atoms with E-state index in [1.807, 2.05) is 4.57 Å². The van der Waals surface area contributed by atoms with Gasteiger partial charge in [0.1, 0.15) is 17.2 Å². The highest BCUT2D eigenvalue weighted by Crippen LogP contribution is 2.27. The number of anilines is 1. The molecule has 8 heteroatoms. The summed E-state index contributed by atoms with van der Waals surface area (Å²) in [7, 11) is 0. The van der Waals surface area contributed by atoms with E-state index in [-0.39, 0.29) is 16.8 Å². The zero-order valence-corrected chi connectivity index (χ0v) is 16.6. The Morgan fingerprint density at radius 3 is 2.84 bits per heavy atom. The quantitative estimate of drug-likeness (QED) is 0.539. The van der Waals surface area contributed by atoms with Gasteiger partial charge in [0.25, 0.3) is 5.91 Å². The minimum absolute atomic E-state index is 0.120. The first kappa shape index (κ1) is 19.2. The lowest BCUT2D eigenvalue weighted by Gasteiger charge is -2.10. The lowest BCUT2D eigenvalue weighted by molar-refractivity contribution is 0.0997. The number of rotatable bonds is 3. The number of carbonyl (C=O) groups is 1. The van der Waals surface area contributed by atoms with Gasteiger partial charge in [-0.15, -0.1) is 10.2 Å². The van der Waals surface area contributed by atoms with Gasteiger partial charge in [0.2, 0.25) is 0 Å². The molecule has 2 aromatic carbocycles. The molecule has 0 saturated carbocycles. The van der Waals surface area contributed by atoms with Gasteiger partial charge in [-0.2, -0.15) is 0 Å². The van der Waals surface area contributed by atoms with Crippen molar-refractivity contribution in [2.24, 2.45) is 0 Å². The number of carbonyl (C=O) groups excluding carboxylic acids is 1. The van der Waals surface area contributed by atoms with E-state index in [1.54, 1.807) is 24.3 Å². The summed E-state index contributed by atoms with van der Waals surface area (Å²) in [5.41, 5.74) is 0.644. The van der Waals surface area contributed by atoms with E-state index in [0.717, 1.165) is 44.1 Å². The van der Waals surface area contributed by atoms with Gasteiger partial charge in [-0.05, 0) is 43.2 Å². The molecule has 0 spiro atoms. The van der Waals surface area contributed by atoms with Gasteiger partial charge >= 0.3 is 0 Å². The van der Waals surface area contributed by atoms with Crippen LogP contribution in [-0.4, -0.2) is 20.7 Å². The number of halogens is 1. The number of hydrogen-bond donors (Lipinski definition) is 1. The Hall–Kier alpha value is -3.81. The molecule has 4 aromatic rings. The van der Waals surface area contributed by atoms with E-state index >= 15 is 0 Å². The van der Waals surface area contributed by atoms with Crippen LogP contribution < -0.4 is 10.7 Å². The summed E-state index contributed by atoms with van der Waals surface area (Å²) in [6, 6.07) is 12.1. The summed E-state index contributed by atoms with van der Waals surface area (Å²) in [5, 5.41) is 11.5. The molecule has 0 unspecified atom stereocenters. The molecule has 0 saturated heterocycles. The molecule has 7 nitrogen and oxygen atoms in total. The first-order valence-electron chi connectivity index (χ1n) is 10.2. The number of amides is 1. The van der Waals surface area contributed by atoms with Gasteiger partial charge in [0.15, 0.2) is 17.0 Å². The fourth-order valence-corrected chi connectivity index (χ4v) is 3.87. The minimum Gasteiger partial charge on any atom is -0.451 e. The molecule has 1 aliphatic rings. The summed E-state index contributed by atoms with van der Waals surface area (Å²) >= 11 is 0. The molecule has 0 aliphatic carbocycles. The standard InChI is InChI=1S/C23H19FN4O3/c24-17-10-9-14(12-16(17)22-27-26-21-8-2-1-5-11-28(21)22)25-23(30)20-13-18(29)15-6-3-4-7-19(15)31-20/h3-4,6-7,9-10,12-13H,1-2,5,8,11H2,(H,25,30). The number of nitrogens with zero attached hydrogens (tertiary/aromatic N) is 3. The van der Waals surface area contributed by atoms with E-state index in [0.29, 0.717) is 22.5 Å². The number of fused-ring (bicyclic) bond motifs is 2. The van der Waals surface area contributed by atoms with Gasteiger partial charge in [-0.1, -0.05) is 18.6 Å². The third kappa shape index (κ3) is 3.61. The highest BCUT2D eigenvalue weighted by molar-refractivity contribution is 6.03. The highest BCUT2D eigenvalue weighted by Gasteiger charge is 2.20. The smallest absolute Gasteiger partial charge is 0.291 e. The van der Waals surface area contributed by atoms with Gasteiger partial charge < -0.3 is 14.3 Å². The lowest BCUT2D eigenvalue weighted by atomic mass is 10.1. The number of aromatic nitrogens is 3. The fraction of sp³-hybridized carbons (Fsp3) is 0.217. The van der Waals surface area contributed by atoms with Crippen molar-refractivity contribution >= 4 is 22.6 Å². The van der Waals surface area contributed by atoms with E-state index in [2.05, 4.69) is 15.5 Å². The fourth-order valence-electron chi connectivity index (χ4n) is 3.87. The van der Waals surface area contributed by atoms with Crippen molar-refractivity contribution < 1.29 is 13.6 Å². The van der Waals surface area contributed by atoms with E-state index in [9.17, 15) is 14.0 Å². The predicted octanol–water partition coefficient (Wildman–Crippen LogP) is 4.17. The SMILES string of the molecule is O=C(Nc1ccc(F)c(-c2nnc3n2CCCCC3)c1)c1cc(=O)c2ccccc2o1. The number of benzene rings is 2. The van der Waals surface area contributed by atoms with Gasteiger partial charge in [-0.3, -0.25) is 9.59 Å². The predicted molar refractivity (Wildman–Crippen MR) is 113 cm³/mol. The average molecular weight is 418 g/mol. The van der Waals surface area contributed by atoms with Gasteiger partial charge in [0.05, 0.1) is 10.9 Å². The third-order valence-corrected chi connectivity index (χ3v) is 5.43. The van der Waals surface area contributed by atoms with E-state index in [4.69, 9.17) is 4.42 Å². The van der Waals surface area contributed by atoms with Crippen LogP contribution in [0, 0.1) is 5.82 Å². The van der Waals surface area contributed by atoms with Crippen molar-refractivity contribution in [2.45, 2.75) is 32.2 Å². The molecule has 2 aromatic heterocycles. The maximum absolute atomic E-state index is 14.6. The van der Waals surface area contributed by atoms with Crippen LogP contribution in [-0.2, 0) is 13.0 Å².